The van der Waals surface area contributed by atoms with Gasteiger partial charge in [0.25, 0.3) is 0 Å². The summed E-state index contributed by atoms with van der Waals surface area (Å²) in [5.41, 5.74) is 5.59. The van der Waals surface area contributed by atoms with Crippen LogP contribution in [-0.2, 0) is 12.8 Å². The summed E-state index contributed by atoms with van der Waals surface area (Å²) in [6.07, 6.45) is 4.16. The Morgan fingerprint density at radius 1 is 1.00 bits per heavy atom. The molecule has 0 fully saturated rings. The van der Waals surface area contributed by atoms with Gasteiger partial charge in [-0.15, -0.1) is 0 Å². The SMILES string of the molecule is C[C@H]1c2ccccc2CCc2cccnc21.S. The van der Waals surface area contributed by atoms with E-state index in [1.165, 1.54) is 22.4 Å². The maximum atomic E-state index is 4.56. The molecule has 1 aromatic carbocycles. The van der Waals surface area contributed by atoms with E-state index in [0.717, 1.165) is 12.8 Å². The number of hydrogen-bond acceptors (Lipinski definition) is 1. The van der Waals surface area contributed by atoms with Crippen LogP contribution in [0.15, 0.2) is 42.6 Å². The molecular weight excluding hydrogens is 226 g/mol. The van der Waals surface area contributed by atoms with Crippen LogP contribution in [0, 0.1) is 0 Å². The van der Waals surface area contributed by atoms with Crippen molar-refractivity contribution < 1.29 is 0 Å². The fraction of sp³-hybridized carbons (Fsp3) is 0.267. The minimum Gasteiger partial charge on any atom is -0.260 e. The summed E-state index contributed by atoms with van der Waals surface area (Å²) in [5.74, 6) is 0.426. The van der Waals surface area contributed by atoms with Gasteiger partial charge >= 0.3 is 0 Å². The number of rotatable bonds is 0. The van der Waals surface area contributed by atoms with E-state index in [0.29, 0.717) is 5.92 Å². The average Bonchev–Trinajstić information content (AvgIpc) is 2.49. The number of nitrogens with zero attached hydrogens (tertiary/aromatic N) is 1. The topological polar surface area (TPSA) is 12.9 Å². The lowest BCUT2D eigenvalue weighted by atomic mass is 9.93. The molecule has 0 amide bonds. The molecule has 1 aliphatic rings. The Kier molecular flexibility index (Phi) is 3.53. The Morgan fingerprint density at radius 3 is 2.59 bits per heavy atom. The monoisotopic (exact) mass is 243 g/mol. The predicted octanol–water partition coefficient (Wildman–Crippen LogP) is 3.44. The van der Waals surface area contributed by atoms with Crippen molar-refractivity contribution in [2.75, 3.05) is 0 Å². The van der Waals surface area contributed by atoms with Gasteiger partial charge < -0.3 is 0 Å². The van der Waals surface area contributed by atoms with Crippen molar-refractivity contribution in [1.29, 1.82) is 0 Å². The Morgan fingerprint density at radius 2 is 1.71 bits per heavy atom. The molecule has 0 saturated heterocycles. The number of aryl methyl sites for hydroxylation is 2. The fourth-order valence-corrected chi connectivity index (χ4v) is 2.65. The summed E-state index contributed by atoms with van der Waals surface area (Å²) in [4.78, 5) is 4.56. The van der Waals surface area contributed by atoms with Gasteiger partial charge in [0.15, 0.2) is 0 Å². The van der Waals surface area contributed by atoms with Crippen molar-refractivity contribution in [3.8, 4) is 0 Å². The largest absolute Gasteiger partial charge is 0.260 e. The van der Waals surface area contributed by atoms with Gasteiger partial charge in [-0.2, -0.15) is 13.5 Å². The third-order valence-electron chi connectivity index (χ3n) is 3.52. The van der Waals surface area contributed by atoms with Crippen LogP contribution in [0.3, 0.4) is 0 Å². The molecule has 0 saturated carbocycles. The van der Waals surface area contributed by atoms with Crippen molar-refractivity contribution in [3.05, 3.63) is 65.0 Å². The highest BCUT2D eigenvalue weighted by Gasteiger charge is 2.20. The minimum absolute atomic E-state index is 0. The van der Waals surface area contributed by atoms with E-state index in [9.17, 15) is 0 Å². The highest BCUT2D eigenvalue weighted by atomic mass is 32.1. The van der Waals surface area contributed by atoms with Crippen LogP contribution in [0.5, 0.6) is 0 Å². The van der Waals surface area contributed by atoms with E-state index >= 15 is 0 Å². The van der Waals surface area contributed by atoms with Crippen molar-refractivity contribution in [2.45, 2.75) is 25.7 Å². The zero-order valence-electron chi connectivity index (χ0n) is 9.98. The fourth-order valence-electron chi connectivity index (χ4n) is 2.65. The van der Waals surface area contributed by atoms with E-state index in [-0.39, 0.29) is 13.5 Å². The van der Waals surface area contributed by atoms with E-state index in [4.69, 9.17) is 0 Å². The van der Waals surface area contributed by atoms with Crippen LogP contribution in [0.2, 0.25) is 0 Å². The van der Waals surface area contributed by atoms with Gasteiger partial charge in [-0.25, -0.2) is 0 Å². The quantitative estimate of drug-likeness (QED) is 0.690. The van der Waals surface area contributed by atoms with E-state index in [1.54, 1.807) is 0 Å². The van der Waals surface area contributed by atoms with Gasteiger partial charge in [-0.3, -0.25) is 4.98 Å². The highest BCUT2D eigenvalue weighted by molar-refractivity contribution is 7.59. The molecule has 0 aliphatic heterocycles. The van der Waals surface area contributed by atoms with Crippen LogP contribution >= 0.6 is 13.5 Å². The normalized spacial score (nSPS) is 17.4. The maximum Gasteiger partial charge on any atom is 0.0507 e. The molecule has 0 bridgehead atoms. The molecule has 1 aliphatic carbocycles. The van der Waals surface area contributed by atoms with Gasteiger partial charge in [-0.1, -0.05) is 37.3 Å². The Balaban J connectivity index is 0.00000108. The number of fused-ring (bicyclic) bond motifs is 2. The molecule has 1 heterocycles. The summed E-state index contributed by atoms with van der Waals surface area (Å²) in [5, 5.41) is 0. The molecule has 2 heteroatoms. The van der Waals surface area contributed by atoms with Crippen LogP contribution in [0.4, 0.5) is 0 Å². The summed E-state index contributed by atoms with van der Waals surface area (Å²) in [7, 11) is 0. The van der Waals surface area contributed by atoms with E-state index < -0.39 is 0 Å². The third kappa shape index (κ3) is 2.09. The predicted molar refractivity (Wildman–Crippen MR) is 76.0 cm³/mol. The summed E-state index contributed by atoms with van der Waals surface area (Å²) in [6.45, 7) is 2.26. The van der Waals surface area contributed by atoms with Crippen LogP contribution in [-0.4, -0.2) is 4.98 Å². The lowest BCUT2D eigenvalue weighted by Gasteiger charge is -2.13. The number of pyridine rings is 1. The lowest BCUT2D eigenvalue weighted by Crippen LogP contribution is -2.01. The second-order valence-corrected chi connectivity index (χ2v) is 4.47. The van der Waals surface area contributed by atoms with Gasteiger partial charge in [0.2, 0.25) is 0 Å². The molecule has 1 aromatic heterocycles. The zero-order chi connectivity index (χ0) is 11.0. The molecule has 1 atom stereocenters. The maximum absolute atomic E-state index is 4.56. The van der Waals surface area contributed by atoms with Gasteiger partial charge in [0, 0.05) is 12.1 Å². The van der Waals surface area contributed by atoms with Crippen LogP contribution in [0.25, 0.3) is 0 Å². The van der Waals surface area contributed by atoms with Crippen molar-refractivity contribution in [3.63, 3.8) is 0 Å². The zero-order valence-corrected chi connectivity index (χ0v) is 11.0. The average molecular weight is 243 g/mol. The van der Waals surface area contributed by atoms with E-state index in [1.807, 2.05) is 12.3 Å². The first-order chi connectivity index (χ1) is 7.86. The molecule has 0 radical (unpaired) electrons. The summed E-state index contributed by atoms with van der Waals surface area (Å²) in [6, 6.07) is 13.0. The first-order valence-corrected chi connectivity index (χ1v) is 5.88. The van der Waals surface area contributed by atoms with Crippen LogP contribution < -0.4 is 0 Å². The first kappa shape index (κ1) is 12.2. The standard InChI is InChI=1S/C15H15N.H2S/c1-11-14-7-3-2-5-12(14)8-9-13-6-4-10-16-15(11)13;/h2-7,10-11H,8-9H2,1H3;1H2/t11-;/m0./s1. The van der Waals surface area contributed by atoms with Crippen LogP contribution in [0.1, 0.15) is 35.2 Å². The van der Waals surface area contributed by atoms with E-state index in [2.05, 4.69) is 42.2 Å². The Labute approximate surface area is 109 Å². The van der Waals surface area contributed by atoms with Crippen molar-refractivity contribution in [2.24, 2.45) is 0 Å². The van der Waals surface area contributed by atoms with Crippen molar-refractivity contribution >= 4 is 13.5 Å². The Bertz CT molecular complexity index is 474. The molecule has 0 unspecified atom stereocenters. The third-order valence-corrected chi connectivity index (χ3v) is 3.52. The lowest BCUT2D eigenvalue weighted by molar-refractivity contribution is 0.860. The van der Waals surface area contributed by atoms with Gasteiger partial charge in [-0.05, 0) is 35.6 Å². The molecule has 0 N–H and O–H groups in total. The molecule has 2 aromatic rings. The molecular formula is C15H17NS. The highest BCUT2D eigenvalue weighted by Crippen LogP contribution is 2.31. The van der Waals surface area contributed by atoms with Gasteiger partial charge in [0.05, 0.1) is 5.69 Å². The van der Waals surface area contributed by atoms with Crippen molar-refractivity contribution in [1.82, 2.24) is 4.98 Å². The molecule has 1 nitrogen and oxygen atoms in total. The first-order valence-electron chi connectivity index (χ1n) is 5.88. The minimum atomic E-state index is 0. The van der Waals surface area contributed by atoms with Gasteiger partial charge in [0.1, 0.15) is 0 Å². The molecule has 3 rings (SSSR count). The Hall–Kier alpha value is -1.28. The second-order valence-electron chi connectivity index (χ2n) is 4.47. The summed E-state index contributed by atoms with van der Waals surface area (Å²) < 4.78 is 0. The second kappa shape index (κ2) is 4.92. The summed E-state index contributed by atoms with van der Waals surface area (Å²) >= 11 is 0. The smallest absolute Gasteiger partial charge is 0.0507 e. The number of hydrogen-bond donors (Lipinski definition) is 0. The molecule has 17 heavy (non-hydrogen) atoms. The number of aromatic nitrogens is 1. The molecule has 0 spiro atoms. The number of benzene rings is 1. The molecule has 88 valence electrons.